The molecule has 0 amide bonds. The number of hydrogen-bond acceptors (Lipinski definition) is 6. The molecule has 174 valence electrons. The summed E-state index contributed by atoms with van der Waals surface area (Å²) >= 11 is 0. The molecule has 3 aromatic rings. The van der Waals surface area contributed by atoms with Crippen molar-refractivity contribution in [3.8, 4) is 17.0 Å². The Labute approximate surface area is 199 Å². The van der Waals surface area contributed by atoms with E-state index in [2.05, 4.69) is 27.5 Å². The molecule has 0 atom stereocenters. The number of rotatable bonds is 6. The third-order valence-corrected chi connectivity index (χ3v) is 5.64. The Morgan fingerprint density at radius 2 is 2.00 bits per heavy atom. The van der Waals surface area contributed by atoms with Gasteiger partial charge in [-0.25, -0.2) is 14.4 Å². The van der Waals surface area contributed by atoms with E-state index in [9.17, 15) is 4.39 Å². The van der Waals surface area contributed by atoms with Crippen molar-refractivity contribution < 1.29 is 9.13 Å². The second-order valence-corrected chi connectivity index (χ2v) is 8.19. The van der Waals surface area contributed by atoms with Gasteiger partial charge in [0.05, 0.1) is 24.6 Å². The Morgan fingerprint density at radius 1 is 1.21 bits per heavy atom. The van der Waals surface area contributed by atoms with Gasteiger partial charge in [-0.1, -0.05) is 24.3 Å². The molecule has 0 fully saturated rings. The van der Waals surface area contributed by atoms with E-state index >= 15 is 0 Å². The quantitative estimate of drug-likeness (QED) is 0.408. The first-order chi connectivity index (χ1) is 16.4. The molecule has 1 aromatic heterocycles. The third-order valence-electron chi connectivity index (χ3n) is 5.64. The average molecular weight is 458 g/mol. The minimum atomic E-state index is -0.251. The summed E-state index contributed by atoms with van der Waals surface area (Å²) in [6.45, 7) is 9.88. The highest BCUT2D eigenvalue weighted by atomic mass is 19.1. The molecule has 2 aromatic carbocycles. The monoisotopic (exact) mass is 457 g/mol. The number of aromatic nitrogens is 2. The molecule has 0 saturated carbocycles. The highest BCUT2D eigenvalue weighted by Crippen LogP contribution is 2.31. The van der Waals surface area contributed by atoms with E-state index < -0.39 is 0 Å². The van der Waals surface area contributed by atoms with E-state index in [4.69, 9.17) is 15.5 Å². The number of fused-ring (bicyclic) bond motifs is 1. The molecule has 0 aliphatic carbocycles. The third kappa shape index (κ3) is 5.31. The second-order valence-electron chi connectivity index (χ2n) is 8.19. The first-order valence-corrected chi connectivity index (χ1v) is 11.2. The lowest BCUT2D eigenvalue weighted by Crippen LogP contribution is -2.26. The van der Waals surface area contributed by atoms with E-state index in [0.717, 1.165) is 45.1 Å². The Kier molecular flexibility index (Phi) is 7.01. The summed E-state index contributed by atoms with van der Waals surface area (Å²) in [5.74, 6) is 1.81. The van der Waals surface area contributed by atoms with E-state index in [1.807, 2.05) is 26.0 Å². The lowest BCUT2D eigenvalue weighted by molar-refractivity contribution is 0.261. The minimum absolute atomic E-state index is 0.251. The van der Waals surface area contributed by atoms with E-state index in [-0.39, 0.29) is 5.82 Å². The van der Waals surface area contributed by atoms with Crippen LogP contribution in [-0.4, -0.2) is 34.2 Å². The van der Waals surface area contributed by atoms with Crippen molar-refractivity contribution in [1.29, 1.82) is 0 Å². The topological polar surface area (TPSA) is 76.6 Å². The van der Waals surface area contributed by atoms with Gasteiger partial charge in [-0.15, -0.1) is 0 Å². The molecular formula is C27H28FN5O. The molecule has 34 heavy (non-hydrogen) atoms. The van der Waals surface area contributed by atoms with Crippen molar-refractivity contribution in [3.05, 3.63) is 95.3 Å². The number of nitrogens with zero attached hydrogens (tertiary/aromatic N) is 4. The number of benzene rings is 2. The van der Waals surface area contributed by atoms with Gasteiger partial charge < -0.3 is 15.4 Å². The van der Waals surface area contributed by atoms with Gasteiger partial charge in [0, 0.05) is 35.9 Å². The van der Waals surface area contributed by atoms with Gasteiger partial charge in [0.25, 0.3) is 0 Å². The van der Waals surface area contributed by atoms with Crippen LogP contribution in [0.1, 0.15) is 25.0 Å². The SMILES string of the molecule is C=C(C)/C(Cc1ccc(F)cc1)=C(\N=CC)N1CCOc2ccc(-c3cnc(N)cn3)cc2C1. The number of ether oxygens (including phenoxy) is 1. The van der Waals surface area contributed by atoms with Gasteiger partial charge in [0.1, 0.15) is 29.8 Å². The molecule has 4 rings (SSSR count). The summed E-state index contributed by atoms with van der Waals surface area (Å²) in [4.78, 5) is 15.5. The molecule has 0 radical (unpaired) electrons. The Morgan fingerprint density at radius 3 is 2.68 bits per heavy atom. The Bertz CT molecular complexity index is 1230. The van der Waals surface area contributed by atoms with E-state index in [1.54, 1.807) is 30.7 Å². The van der Waals surface area contributed by atoms with Crippen molar-refractivity contribution in [3.63, 3.8) is 0 Å². The summed E-state index contributed by atoms with van der Waals surface area (Å²) in [6.07, 6.45) is 5.61. The van der Waals surface area contributed by atoms with Crippen LogP contribution in [0.15, 0.2) is 83.4 Å². The smallest absolute Gasteiger partial charge is 0.141 e. The van der Waals surface area contributed by atoms with Gasteiger partial charge in [-0.2, -0.15) is 0 Å². The number of allylic oxidation sites excluding steroid dienone is 2. The number of hydrogen-bond donors (Lipinski definition) is 1. The second kappa shape index (κ2) is 10.3. The van der Waals surface area contributed by atoms with Crippen LogP contribution in [0.3, 0.4) is 0 Å². The molecule has 1 aliphatic rings. The predicted octanol–water partition coefficient (Wildman–Crippen LogP) is 5.18. The van der Waals surface area contributed by atoms with E-state index in [0.29, 0.717) is 31.9 Å². The normalized spacial score (nSPS) is 14.3. The lowest BCUT2D eigenvalue weighted by atomic mass is 9.99. The zero-order valence-electron chi connectivity index (χ0n) is 19.5. The van der Waals surface area contributed by atoms with Crippen molar-refractivity contribution in [2.24, 2.45) is 4.99 Å². The number of aliphatic imine (C=N–C) groups is 1. The fraction of sp³-hybridized carbons (Fsp3) is 0.222. The van der Waals surface area contributed by atoms with Gasteiger partial charge in [-0.3, -0.25) is 4.98 Å². The van der Waals surface area contributed by atoms with Crippen LogP contribution < -0.4 is 10.5 Å². The lowest BCUT2D eigenvalue weighted by Gasteiger charge is -2.26. The highest BCUT2D eigenvalue weighted by Gasteiger charge is 2.21. The first kappa shape index (κ1) is 23.2. The zero-order chi connectivity index (χ0) is 24.1. The van der Waals surface area contributed by atoms with Crippen LogP contribution in [-0.2, 0) is 13.0 Å². The van der Waals surface area contributed by atoms with E-state index in [1.165, 1.54) is 12.1 Å². The minimum Gasteiger partial charge on any atom is -0.491 e. The fourth-order valence-corrected chi connectivity index (χ4v) is 3.92. The number of nitrogens with two attached hydrogens (primary N) is 1. The van der Waals surface area contributed by atoms with Crippen LogP contribution in [0.4, 0.5) is 10.2 Å². The summed E-state index contributed by atoms with van der Waals surface area (Å²) in [7, 11) is 0. The van der Waals surface area contributed by atoms with Crippen LogP contribution in [0.25, 0.3) is 11.3 Å². The van der Waals surface area contributed by atoms with Crippen molar-refractivity contribution >= 4 is 12.0 Å². The number of anilines is 1. The summed E-state index contributed by atoms with van der Waals surface area (Å²) in [5, 5.41) is 0. The first-order valence-electron chi connectivity index (χ1n) is 11.2. The molecular weight excluding hydrogens is 429 g/mol. The molecule has 6 nitrogen and oxygen atoms in total. The van der Waals surface area contributed by atoms with Crippen LogP contribution in [0, 0.1) is 5.82 Å². The van der Waals surface area contributed by atoms with Crippen LogP contribution in [0.2, 0.25) is 0 Å². The highest BCUT2D eigenvalue weighted by molar-refractivity contribution is 5.62. The molecule has 2 heterocycles. The van der Waals surface area contributed by atoms with Gasteiger partial charge in [0.15, 0.2) is 0 Å². The molecule has 1 aliphatic heterocycles. The predicted molar refractivity (Wildman–Crippen MR) is 134 cm³/mol. The maximum atomic E-state index is 13.4. The maximum Gasteiger partial charge on any atom is 0.141 e. The molecule has 0 saturated heterocycles. The van der Waals surface area contributed by atoms with Crippen LogP contribution in [0.5, 0.6) is 5.75 Å². The zero-order valence-corrected chi connectivity index (χ0v) is 19.5. The van der Waals surface area contributed by atoms with Crippen molar-refractivity contribution in [1.82, 2.24) is 14.9 Å². The number of halogens is 1. The summed E-state index contributed by atoms with van der Waals surface area (Å²) < 4.78 is 19.5. The Hall–Kier alpha value is -4.00. The van der Waals surface area contributed by atoms with Crippen molar-refractivity contribution in [2.75, 3.05) is 18.9 Å². The largest absolute Gasteiger partial charge is 0.491 e. The molecule has 2 N–H and O–H groups in total. The van der Waals surface area contributed by atoms with Crippen molar-refractivity contribution in [2.45, 2.75) is 26.8 Å². The summed E-state index contributed by atoms with van der Waals surface area (Å²) in [6, 6.07) is 12.6. The summed E-state index contributed by atoms with van der Waals surface area (Å²) in [5.41, 5.74) is 11.3. The van der Waals surface area contributed by atoms with Crippen LogP contribution >= 0.6 is 0 Å². The molecule has 0 spiro atoms. The maximum absolute atomic E-state index is 13.4. The van der Waals surface area contributed by atoms with Gasteiger partial charge in [0.2, 0.25) is 0 Å². The Balaban J connectivity index is 1.71. The standard InChI is InChI=1S/C27H28FN5O/c1-4-30-27(23(18(2)3)13-19-5-8-22(28)9-6-19)33-11-12-34-25-10-7-20(14-21(25)17-33)24-15-32-26(29)16-31-24/h4-10,14-16H,2,11-13,17H2,1,3H3,(H2,29,32)/b27-23+,30-4?. The molecule has 7 heteroatoms. The van der Waals surface area contributed by atoms with Gasteiger partial charge >= 0.3 is 0 Å². The number of nitrogen functional groups attached to an aromatic ring is 1. The van der Waals surface area contributed by atoms with Gasteiger partial charge in [-0.05, 0) is 49.7 Å². The molecule has 0 unspecified atom stereocenters. The fourth-order valence-electron chi connectivity index (χ4n) is 3.92. The molecule has 0 bridgehead atoms. The average Bonchev–Trinajstić information content (AvgIpc) is 3.04.